The summed E-state index contributed by atoms with van der Waals surface area (Å²) in [5.41, 5.74) is 8.59. The van der Waals surface area contributed by atoms with Crippen molar-refractivity contribution in [3.8, 4) is 0 Å². The van der Waals surface area contributed by atoms with Gasteiger partial charge in [-0.25, -0.2) is 4.98 Å². The Labute approximate surface area is 91.9 Å². The highest BCUT2D eigenvalue weighted by Gasteiger charge is 2.22. The number of pyridine rings is 1. The minimum Gasteiger partial charge on any atom is -0.383 e. The summed E-state index contributed by atoms with van der Waals surface area (Å²) in [6.07, 6.45) is 7.02. The van der Waals surface area contributed by atoms with E-state index in [1.54, 1.807) is 6.20 Å². The Morgan fingerprint density at radius 2 is 1.93 bits per heavy atom. The second kappa shape index (κ2) is 4.21. The summed E-state index contributed by atoms with van der Waals surface area (Å²) < 4.78 is 0. The third-order valence-electron chi connectivity index (χ3n) is 3.66. The molecule has 82 valence electrons. The molecule has 2 N–H and O–H groups in total. The van der Waals surface area contributed by atoms with Crippen LogP contribution in [0.2, 0.25) is 0 Å². The normalized spacial score (nSPS) is 26.5. The van der Waals surface area contributed by atoms with Crippen LogP contribution in [0.5, 0.6) is 0 Å². The molecule has 0 amide bonds. The van der Waals surface area contributed by atoms with Crippen molar-refractivity contribution in [2.45, 2.75) is 45.4 Å². The van der Waals surface area contributed by atoms with Crippen molar-refractivity contribution >= 4 is 5.82 Å². The number of rotatable bonds is 1. The first-order valence-electron chi connectivity index (χ1n) is 5.89. The zero-order chi connectivity index (χ0) is 10.8. The first kappa shape index (κ1) is 10.5. The molecule has 1 fully saturated rings. The van der Waals surface area contributed by atoms with Gasteiger partial charge in [0.05, 0.1) is 0 Å². The molecule has 1 aliphatic rings. The smallest absolute Gasteiger partial charge is 0.127 e. The number of nitrogens with two attached hydrogens (primary N) is 1. The number of nitrogen functional groups attached to an aromatic ring is 1. The Balaban J connectivity index is 2.22. The Hall–Kier alpha value is -1.05. The topological polar surface area (TPSA) is 38.9 Å². The van der Waals surface area contributed by atoms with Crippen LogP contribution in [0.4, 0.5) is 5.82 Å². The van der Waals surface area contributed by atoms with Crippen LogP contribution >= 0.6 is 0 Å². The van der Waals surface area contributed by atoms with E-state index in [1.165, 1.54) is 36.8 Å². The molecule has 0 spiro atoms. The van der Waals surface area contributed by atoms with E-state index in [4.69, 9.17) is 5.73 Å². The number of hydrogen-bond donors (Lipinski definition) is 1. The zero-order valence-corrected chi connectivity index (χ0v) is 9.66. The van der Waals surface area contributed by atoms with E-state index in [0.29, 0.717) is 5.92 Å². The second-order valence-electron chi connectivity index (χ2n) is 4.88. The highest BCUT2D eigenvalue weighted by atomic mass is 14.8. The van der Waals surface area contributed by atoms with Crippen LogP contribution in [0.1, 0.15) is 49.7 Å². The first-order chi connectivity index (χ1) is 7.18. The molecule has 0 aromatic carbocycles. The zero-order valence-electron chi connectivity index (χ0n) is 9.66. The quantitative estimate of drug-likeness (QED) is 0.762. The SMILES string of the molecule is Cc1ccnc(N)c1C1CCC(C)CC1. The van der Waals surface area contributed by atoms with Crippen molar-refractivity contribution in [3.63, 3.8) is 0 Å². The van der Waals surface area contributed by atoms with Gasteiger partial charge in [0.15, 0.2) is 0 Å². The van der Waals surface area contributed by atoms with E-state index < -0.39 is 0 Å². The van der Waals surface area contributed by atoms with Crippen LogP contribution in [0.15, 0.2) is 12.3 Å². The van der Waals surface area contributed by atoms with E-state index >= 15 is 0 Å². The Morgan fingerprint density at radius 1 is 1.27 bits per heavy atom. The lowest BCUT2D eigenvalue weighted by molar-refractivity contribution is 0.347. The molecule has 1 aromatic heterocycles. The number of hydrogen-bond acceptors (Lipinski definition) is 2. The molecule has 0 radical (unpaired) electrons. The van der Waals surface area contributed by atoms with Crippen LogP contribution in [0.25, 0.3) is 0 Å². The number of anilines is 1. The van der Waals surface area contributed by atoms with Gasteiger partial charge in [0, 0.05) is 11.8 Å². The highest BCUT2D eigenvalue weighted by Crippen LogP contribution is 2.38. The predicted octanol–water partition coefficient (Wildman–Crippen LogP) is 3.27. The summed E-state index contributed by atoms with van der Waals surface area (Å²) in [6, 6.07) is 2.07. The van der Waals surface area contributed by atoms with Gasteiger partial charge in [-0.1, -0.05) is 19.8 Å². The molecule has 1 saturated carbocycles. The summed E-state index contributed by atoms with van der Waals surface area (Å²) in [5, 5.41) is 0. The molecule has 15 heavy (non-hydrogen) atoms. The molecule has 0 bridgehead atoms. The van der Waals surface area contributed by atoms with Crippen LogP contribution in [-0.4, -0.2) is 4.98 Å². The Kier molecular flexibility index (Phi) is 2.94. The third-order valence-corrected chi connectivity index (χ3v) is 3.66. The molecule has 0 aliphatic heterocycles. The summed E-state index contributed by atoms with van der Waals surface area (Å²) in [4.78, 5) is 4.21. The lowest BCUT2D eigenvalue weighted by atomic mass is 9.78. The molecule has 0 unspecified atom stereocenters. The lowest BCUT2D eigenvalue weighted by Gasteiger charge is -2.28. The van der Waals surface area contributed by atoms with Gasteiger partial charge in [-0.3, -0.25) is 0 Å². The molecular formula is C13H20N2. The number of aromatic nitrogens is 1. The van der Waals surface area contributed by atoms with Crippen LogP contribution < -0.4 is 5.73 Å². The molecule has 1 aromatic rings. The average Bonchev–Trinajstić information content (AvgIpc) is 2.20. The maximum atomic E-state index is 5.98. The van der Waals surface area contributed by atoms with E-state index in [2.05, 4.69) is 24.9 Å². The van der Waals surface area contributed by atoms with Crippen molar-refractivity contribution in [2.24, 2.45) is 5.92 Å². The van der Waals surface area contributed by atoms with Crippen molar-refractivity contribution < 1.29 is 0 Å². The summed E-state index contributed by atoms with van der Waals surface area (Å²) in [5.74, 6) is 2.28. The molecule has 0 saturated heterocycles. The minimum absolute atomic E-state index is 0.648. The second-order valence-corrected chi connectivity index (χ2v) is 4.88. The molecule has 0 atom stereocenters. The van der Waals surface area contributed by atoms with Gasteiger partial charge in [0.2, 0.25) is 0 Å². The maximum Gasteiger partial charge on any atom is 0.127 e. The van der Waals surface area contributed by atoms with Gasteiger partial charge in [-0.05, 0) is 43.2 Å². The fourth-order valence-electron chi connectivity index (χ4n) is 2.67. The lowest BCUT2D eigenvalue weighted by Crippen LogP contribution is -2.14. The fourth-order valence-corrected chi connectivity index (χ4v) is 2.67. The molecule has 1 aliphatic carbocycles. The van der Waals surface area contributed by atoms with Gasteiger partial charge < -0.3 is 5.73 Å². The summed E-state index contributed by atoms with van der Waals surface area (Å²) in [7, 11) is 0. The van der Waals surface area contributed by atoms with E-state index in [1.807, 2.05) is 0 Å². The predicted molar refractivity (Wildman–Crippen MR) is 63.8 cm³/mol. The van der Waals surface area contributed by atoms with Crippen LogP contribution in [0, 0.1) is 12.8 Å². The third kappa shape index (κ3) is 2.14. The van der Waals surface area contributed by atoms with Gasteiger partial charge in [-0.2, -0.15) is 0 Å². The van der Waals surface area contributed by atoms with E-state index in [0.717, 1.165) is 11.7 Å². The van der Waals surface area contributed by atoms with Crippen molar-refractivity contribution in [2.75, 3.05) is 5.73 Å². The van der Waals surface area contributed by atoms with E-state index in [9.17, 15) is 0 Å². The largest absolute Gasteiger partial charge is 0.383 e. The van der Waals surface area contributed by atoms with Crippen LogP contribution in [-0.2, 0) is 0 Å². The highest BCUT2D eigenvalue weighted by molar-refractivity contribution is 5.46. The first-order valence-corrected chi connectivity index (χ1v) is 5.89. The molecule has 2 nitrogen and oxygen atoms in total. The summed E-state index contributed by atoms with van der Waals surface area (Å²) in [6.45, 7) is 4.49. The average molecular weight is 204 g/mol. The number of aryl methyl sites for hydroxylation is 1. The van der Waals surface area contributed by atoms with Gasteiger partial charge >= 0.3 is 0 Å². The van der Waals surface area contributed by atoms with Crippen molar-refractivity contribution in [1.29, 1.82) is 0 Å². The Morgan fingerprint density at radius 3 is 2.53 bits per heavy atom. The molecule has 2 heteroatoms. The van der Waals surface area contributed by atoms with E-state index in [-0.39, 0.29) is 0 Å². The van der Waals surface area contributed by atoms with Gasteiger partial charge in [0.1, 0.15) is 5.82 Å². The number of nitrogens with zero attached hydrogens (tertiary/aromatic N) is 1. The molecule has 2 rings (SSSR count). The Bertz CT molecular complexity index is 318. The molecular weight excluding hydrogens is 184 g/mol. The standard InChI is InChI=1S/C13H20N2/c1-9-3-5-11(6-4-9)12-10(2)7-8-15-13(12)14/h7-9,11H,3-6H2,1-2H3,(H2,14,15). The van der Waals surface area contributed by atoms with Crippen molar-refractivity contribution in [1.82, 2.24) is 4.98 Å². The monoisotopic (exact) mass is 204 g/mol. The maximum absolute atomic E-state index is 5.98. The molecule has 1 heterocycles. The summed E-state index contributed by atoms with van der Waals surface area (Å²) >= 11 is 0. The van der Waals surface area contributed by atoms with Gasteiger partial charge in [-0.15, -0.1) is 0 Å². The van der Waals surface area contributed by atoms with Crippen LogP contribution in [0.3, 0.4) is 0 Å². The minimum atomic E-state index is 0.648. The van der Waals surface area contributed by atoms with Gasteiger partial charge in [0.25, 0.3) is 0 Å². The van der Waals surface area contributed by atoms with Crippen molar-refractivity contribution in [3.05, 3.63) is 23.4 Å². The fraction of sp³-hybridized carbons (Fsp3) is 0.615.